The van der Waals surface area contributed by atoms with Crippen LogP contribution in [-0.2, 0) is 7.05 Å². The average Bonchev–Trinajstić information content (AvgIpc) is 2.41. The predicted octanol–water partition coefficient (Wildman–Crippen LogP) is 2.52. The number of hydrogen-bond acceptors (Lipinski definition) is 2. The van der Waals surface area contributed by atoms with E-state index in [4.69, 9.17) is 0 Å². The minimum absolute atomic E-state index is 0.0168. The van der Waals surface area contributed by atoms with Crippen LogP contribution in [0, 0.1) is 13.8 Å². The number of rotatable bonds is 1. The van der Waals surface area contributed by atoms with Crippen molar-refractivity contribution in [2.75, 3.05) is 0 Å². The lowest BCUT2D eigenvalue weighted by atomic mass is 10.1. The second-order valence-electron chi connectivity index (χ2n) is 3.56. The summed E-state index contributed by atoms with van der Waals surface area (Å²) in [6.45, 7) is 3.42. The third kappa shape index (κ3) is 1.48. The van der Waals surface area contributed by atoms with Gasteiger partial charge in [-0.1, -0.05) is 0 Å². The van der Waals surface area contributed by atoms with E-state index in [1.54, 1.807) is 20.9 Å². The highest BCUT2D eigenvalue weighted by Gasteiger charge is 2.18. The molecule has 2 rings (SSSR count). The molecule has 80 valence electrons. The summed E-state index contributed by atoms with van der Waals surface area (Å²) in [6, 6.07) is 1.42. The minimum atomic E-state index is -2.49. The topological polar surface area (TPSA) is 30.7 Å². The van der Waals surface area contributed by atoms with Gasteiger partial charge >= 0.3 is 0 Å². The molecule has 2 aromatic rings. The van der Waals surface area contributed by atoms with E-state index >= 15 is 0 Å². The van der Waals surface area contributed by atoms with Gasteiger partial charge in [0.25, 0.3) is 6.43 Å². The van der Waals surface area contributed by atoms with Gasteiger partial charge in [0.15, 0.2) is 5.65 Å². The van der Waals surface area contributed by atoms with Crippen LogP contribution in [0.5, 0.6) is 0 Å². The molecular weight excluding hydrogens is 200 g/mol. The molecule has 0 aliphatic heterocycles. The molecular formula is C10H11F2N3. The molecule has 0 amide bonds. The Morgan fingerprint density at radius 2 is 2.00 bits per heavy atom. The van der Waals surface area contributed by atoms with Crippen molar-refractivity contribution in [3.05, 3.63) is 23.0 Å². The van der Waals surface area contributed by atoms with Gasteiger partial charge in [-0.3, -0.25) is 4.68 Å². The van der Waals surface area contributed by atoms with Crippen LogP contribution in [0.3, 0.4) is 0 Å². The largest absolute Gasteiger partial charge is 0.264 e. The molecule has 0 N–H and O–H groups in total. The summed E-state index contributed by atoms with van der Waals surface area (Å²) in [7, 11) is 1.71. The Morgan fingerprint density at radius 1 is 1.33 bits per heavy atom. The maximum atomic E-state index is 12.8. The van der Waals surface area contributed by atoms with Crippen molar-refractivity contribution in [2.45, 2.75) is 20.3 Å². The zero-order valence-corrected chi connectivity index (χ0v) is 8.75. The monoisotopic (exact) mass is 211 g/mol. The highest BCUT2D eigenvalue weighted by molar-refractivity contribution is 5.82. The van der Waals surface area contributed by atoms with Crippen LogP contribution in [-0.4, -0.2) is 14.8 Å². The Balaban J connectivity index is 2.89. The van der Waals surface area contributed by atoms with E-state index in [0.29, 0.717) is 22.4 Å². The fourth-order valence-electron chi connectivity index (χ4n) is 1.78. The highest BCUT2D eigenvalue weighted by Crippen LogP contribution is 2.29. The molecule has 0 bridgehead atoms. The molecule has 0 aliphatic carbocycles. The van der Waals surface area contributed by atoms with Gasteiger partial charge in [0.05, 0.1) is 11.1 Å². The van der Waals surface area contributed by atoms with Crippen molar-refractivity contribution in [3.63, 3.8) is 0 Å². The molecule has 0 radical (unpaired) electrons. The fourth-order valence-corrected chi connectivity index (χ4v) is 1.78. The van der Waals surface area contributed by atoms with Gasteiger partial charge in [0.2, 0.25) is 0 Å². The lowest BCUT2D eigenvalue weighted by molar-refractivity contribution is 0.153. The van der Waals surface area contributed by atoms with Crippen molar-refractivity contribution in [2.24, 2.45) is 7.05 Å². The van der Waals surface area contributed by atoms with Crippen molar-refractivity contribution in [1.29, 1.82) is 0 Å². The average molecular weight is 211 g/mol. The Morgan fingerprint density at radius 3 is 2.60 bits per heavy atom. The summed E-state index contributed by atoms with van der Waals surface area (Å²) in [5.74, 6) is 0. The van der Waals surface area contributed by atoms with E-state index in [-0.39, 0.29) is 5.56 Å². The first-order valence-electron chi connectivity index (χ1n) is 4.59. The first kappa shape index (κ1) is 10.0. The molecule has 3 nitrogen and oxygen atoms in total. The highest BCUT2D eigenvalue weighted by atomic mass is 19.3. The van der Waals surface area contributed by atoms with Crippen LogP contribution in [0.4, 0.5) is 8.78 Å². The third-order valence-corrected chi connectivity index (χ3v) is 2.36. The van der Waals surface area contributed by atoms with Crippen LogP contribution >= 0.6 is 0 Å². The molecule has 0 unspecified atom stereocenters. The molecule has 0 spiro atoms. The van der Waals surface area contributed by atoms with E-state index < -0.39 is 6.43 Å². The predicted molar refractivity (Wildman–Crippen MR) is 52.9 cm³/mol. The van der Waals surface area contributed by atoms with Crippen molar-refractivity contribution in [3.8, 4) is 0 Å². The van der Waals surface area contributed by atoms with Gasteiger partial charge in [0.1, 0.15) is 0 Å². The smallest absolute Gasteiger partial charge is 0.250 e. The molecule has 2 aromatic heterocycles. The number of nitrogens with zero attached hydrogens (tertiary/aromatic N) is 3. The van der Waals surface area contributed by atoms with Gasteiger partial charge in [-0.25, -0.2) is 13.8 Å². The standard InChI is InChI=1S/C10H11F2N3/c1-5-4-7(9(11)12)8-6(2)14-15(3)10(8)13-5/h4,9H,1-3H3. The number of halogens is 2. The number of pyridine rings is 1. The molecule has 2 heterocycles. The van der Waals surface area contributed by atoms with Gasteiger partial charge < -0.3 is 0 Å². The Hall–Kier alpha value is -1.52. The van der Waals surface area contributed by atoms with Crippen molar-refractivity contribution >= 4 is 11.0 Å². The SMILES string of the molecule is Cc1cc(C(F)F)c2c(C)nn(C)c2n1. The van der Waals surface area contributed by atoms with Crippen LogP contribution in [0.1, 0.15) is 23.4 Å². The number of alkyl halides is 2. The van der Waals surface area contributed by atoms with Gasteiger partial charge in [-0.05, 0) is 19.9 Å². The second-order valence-corrected chi connectivity index (χ2v) is 3.56. The van der Waals surface area contributed by atoms with Crippen LogP contribution < -0.4 is 0 Å². The summed E-state index contributed by atoms with van der Waals surface area (Å²) < 4.78 is 27.1. The summed E-state index contributed by atoms with van der Waals surface area (Å²) in [5, 5.41) is 4.57. The molecule has 0 aliphatic rings. The van der Waals surface area contributed by atoms with Crippen molar-refractivity contribution < 1.29 is 8.78 Å². The van der Waals surface area contributed by atoms with Gasteiger partial charge in [-0.15, -0.1) is 0 Å². The molecule has 5 heteroatoms. The second kappa shape index (κ2) is 3.25. The molecule has 0 aromatic carbocycles. The first-order chi connectivity index (χ1) is 7.00. The lowest BCUT2D eigenvalue weighted by Crippen LogP contribution is -1.95. The Bertz CT molecular complexity index is 517. The van der Waals surface area contributed by atoms with Crippen LogP contribution in [0.15, 0.2) is 6.07 Å². The number of fused-ring (bicyclic) bond motifs is 1. The number of hydrogen-bond donors (Lipinski definition) is 0. The molecule has 0 atom stereocenters. The molecule has 0 saturated carbocycles. The van der Waals surface area contributed by atoms with E-state index in [9.17, 15) is 8.78 Å². The normalized spacial score (nSPS) is 11.6. The fraction of sp³-hybridized carbons (Fsp3) is 0.400. The lowest BCUT2D eigenvalue weighted by Gasteiger charge is -2.03. The summed E-state index contributed by atoms with van der Waals surface area (Å²) >= 11 is 0. The minimum Gasteiger partial charge on any atom is -0.250 e. The van der Waals surface area contributed by atoms with Gasteiger partial charge in [-0.2, -0.15) is 5.10 Å². The zero-order valence-electron chi connectivity index (χ0n) is 8.75. The molecule has 0 fully saturated rings. The Labute approximate surface area is 85.7 Å². The first-order valence-corrected chi connectivity index (χ1v) is 4.59. The molecule has 0 saturated heterocycles. The van der Waals surface area contributed by atoms with E-state index in [1.165, 1.54) is 10.7 Å². The summed E-state index contributed by atoms with van der Waals surface area (Å²) in [4.78, 5) is 4.21. The van der Waals surface area contributed by atoms with E-state index in [2.05, 4.69) is 10.1 Å². The Kier molecular flexibility index (Phi) is 2.17. The third-order valence-electron chi connectivity index (χ3n) is 2.36. The number of aryl methyl sites for hydroxylation is 3. The maximum absolute atomic E-state index is 12.8. The van der Waals surface area contributed by atoms with Crippen molar-refractivity contribution in [1.82, 2.24) is 14.8 Å². The van der Waals surface area contributed by atoms with Crippen LogP contribution in [0.2, 0.25) is 0 Å². The summed E-state index contributed by atoms with van der Waals surface area (Å²) in [6.07, 6.45) is -2.49. The van der Waals surface area contributed by atoms with E-state index in [0.717, 1.165) is 0 Å². The number of aromatic nitrogens is 3. The van der Waals surface area contributed by atoms with E-state index in [1.807, 2.05) is 0 Å². The maximum Gasteiger partial charge on any atom is 0.264 e. The summed E-state index contributed by atoms with van der Waals surface area (Å²) in [5.41, 5.74) is 1.71. The van der Waals surface area contributed by atoms with Gasteiger partial charge in [0, 0.05) is 18.3 Å². The zero-order chi connectivity index (χ0) is 11.2. The van der Waals surface area contributed by atoms with Crippen LogP contribution in [0.25, 0.3) is 11.0 Å². The quantitative estimate of drug-likeness (QED) is 0.725. The molecule has 15 heavy (non-hydrogen) atoms.